The second-order valence-electron chi connectivity index (χ2n) is 4.69. The SMILES string of the molecule is CC(C)(C)C(O)COc1ccc(O)cc1. The summed E-state index contributed by atoms with van der Waals surface area (Å²) in [6.45, 7) is 6.13. The molecule has 3 nitrogen and oxygen atoms in total. The first-order valence-corrected chi connectivity index (χ1v) is 4.99. The molecule has 0 amide bonds. The standard InChI is InChI=1S/C12H18O3/c1-12(2,3)11(14)8-15-10-6-4-9(13)5-7-10/h4-7,11,13-14H,8H2,1-3H3. The van der Waals surface area contributed by atoms with Crippen LogP contribution in [-0.2, 0) is 0 Å². The summed E-state index contributed by atoms with van der Waals surface area (Å²) in [6.07, 6.45) is -0.508. The molecule has 1 rings (SSSR count). The zero-order chi connectivity index (χ0) is 11.5. The molecule has 0 bridgehead atoms. The molecule has 15 heavy (non-hydrogen) atoms. The van der Waals surface area contributed by atoms with Gasteiger partial charge in [-0.2, -0.15) is 0 Å². The maximum absolute atomic E-state index is 9.73. The molecular weight excluding hydrogens is 192 g/mol. The van der Waals surface area contributed by atoms with Gasteiger partial charge in [-0.3, -0.25) is 0 Å². The molecule has 1 aromatic carbocycles. The van der Waals surface area contributed by atoms with Crippen molar-refractivity contribution in [2.45, 2.75) is 26.9 Å². The van der Waals surface area contributed by atoms with Crippen molar-refractivity contribution in [3.8, 4) is 11.5 Å². The van der Waals surface area contributed by atoms with Gasteiger partial charge in [0.15, 0.2) is 0 Å². The van der Waals surface area contributed by atoms with E-state index in [9.17, 15) is 5.11 Å². The molecule has 0 aromatic heterocycles. The van der Waals surface area contributed by atoms with E-state index in [0.717, 1.165) is 0 Å². The first kappa shape index (κ1) is 11.9. The monoisotopic (exact) mass is 210 g/mol. The summed E-state index contributed by atoms with van der Waals surface area (Å²) in [5, 5.41) is 18.8. The van der Waals surface area contributed by atoms with Crippen LogP contribution >= 0.6 is 0 Å². The van der Waals surface area contributed by atoms with Crippen LogP contribution in [0.5, 0.6) is 11.5 Å². The second kappa shape index (κ2) is 4.53. The summed E-state index contributed by atoms with van der Waals surface area (Å²) in [6, 6.07) is 6.45. The topological polar surface area (TPSA) is 49.7 Å². The Hall–Kier alpha value is -1.22. The van der Waals surface area contributed by atoms with Gasteiger partial charge in [-0.05, 0) is 29.7 Å². The third kappa shape index (κ3) is 3.80. The fourth-order valence-electron chi connectivity index (χ4n) is 0.968. The number of hydrogen-bond acceptors (Lipinski definition) is 3. The van der Waals surface area contributed by atoms with Crippen LogP contribution in [0.1, 0.15) is 20.8 Å². The predicted octanol–water partition coefficient (Wildman–Crippen LogP) is 2.18. The lowest BCUT2D eigenvalue weighted by Crippen LogP contribution is -2.31. The number of phenolic OH excluding ortho intramolecular Hbond substituents is 1. The molecule has 0 aliphatic heterocycles. The lowest BCUT2D eigenvalue weighted by Gasteiger charge is -2.25. The first-order valence-electron chi connectivity index (χ1n) is 4.99. The van der Waals surface area contributed by atoms with E-state index in [2.05, 4.69) is 0 Å². The quantitative estimate of drug-likeness (QED) is 0.804. The smallest absolute Gasteiger partial charge is 0.119 e. The molecule has 1 unspecified atom stereocenters. The maximum Gasteiger partial charge on any atom is 0.119 e. The van der Waals surface area contributed by atoms with Crippen molar-refractivity contribution in [3.05, 3.63) is 24.3 Å². The summed E-state index contributed by atoms with van der Waals surface area (Å²) in [5.74, 6) is 0.856. The number of hydrogen-bond donors (Lipinski definition) is 2. The van der Waals surface area contributed by atoms with Crippen molar-refractivity contribution >= 4 is 0 Å². The minimum atomic E-state index is -0.508. The molecule has 0 heterocycles. The Labute approximate surface area is 90.3 Å². The van der Waals surface area contributed by atoms with Crippen LogP contribution in [0.25, 0.3) is 0 Å². The fraction of sp³-hybridized carbons (Fsp3) is 0.500. The van der Waals surface area contributed by atoms with Gasteiger partial charge in [-0.1, -0.05) is 20.8 Å². The van der Waals surface area contributed by atoms with E-state index < -0.39 is 6.10 Å². The zero-order valence-electron chi connectivity index (χ0n) is 9.40. The molecule has 1 aromatic rings. The predicted molar refractivity (Wildman–Crippen MR) is 59.1 cm³/mol. The van der Waals surface area contributed by atoms with Gasteiger partial charge in [-0.25, -0.2) is 0 Å². The molecule has 84 valence electrons. The number of aliphatic hydroxyl groups excluding tert-OH is 1. The molecular formula is C12H18O3. The van der Waals surface area contributed by atoms with Crippen LogP contribution in [0.2, 0.25) is 0 Å². The van der Waals surface area contributed by atoms with E-state index >= 15 is 0 Å². The molecule has 0 saturated heterocycles. The van der Waals surface area contributed by atoms with E-state index in [0.29, 0.717) is 5.75 Å². The first-order chi connectivity index (χ1) is 6.89. The summed E-state index contributed by atoms with van der Waals surface area (Å²) in [4.78, 5) is 0. The average molecular weight is 210 g/mol. The Morgan fingerprint density at radius 1 is 1.20 bits per heavy atom. The Kier molecular flexibility index (Phi) is 3.58. The van der Waals surface area contributed by atoms with Crippen molar-refractivity contribution in [3.63, 3.8) is 0 Å². The third-order valence-corrected chi connectivity index (χ3v) is 2.24. The van der Waals surface area contributed by atoms with Crippen molar-refractivity contribution < 1.29 is 14.9 Å². The summed E-state index contributed by atoms with van der Waals surface area (Å²) < 4.78 is 5.39. The van der Waals surface area contributed by atoms with Gasteiger partial charge < -0.3 is 14.9 Å². The number of phenols is 1. The van der Waals surface area contributed by atoms with E-state index in [1.807, 2.05) is 20.8 Å². The molecule has 3 heteroatoms. The van der Waals surface area contributed by atoms with Gasteiger partial charge in [-0.15, -0.1) is 0 Å². The zero-order valence-corrected chi connectivity index (χ0v) is 9.40. The number of benzene rings is 1. The van der Waals surface area contributed by atoms with Crippen molar-refractivity contribution in [2.24, 2.45) is 5.41 Å². The highest BCUT2D eigenvalue weighted by atomic mass is 16.5. The van der Waals surface area contributed by atoms with E-state index in [4.69, 9.17) is 9.84 Å². The molecule has 0 radical (unpaired) electrons. The summed E-state index contributed by atoms with van der Waals surface area (Å²) >= 11 is 0. The maximum atomic E-state index is 9.73. The highest BCUT2D eigenvalue weighted by Gasteiger charge is 2.22. The Morgan fingerprint density at radius 2 is 1.73 bits per heavy atom. The molecule has 1 atom stereocenters. The van der Waals surface area contributed by atoms with Crippen LogP contribution in [0.4, 0.5) is 0 Å². The number of rotatable bonds is 3. The molecule has 0 aliphatic carbocycles. The third-order valence-electron chi connectivity index (χ3n) is 2.24. The molecule has 0 saturated carbocycles. The lowest BCUT2D eigenvalue weighted by molar-refractivity contribution is 0.0218. The van der Waals surface area contributed by atoms with Gasteiger partial charge in [0.2, 0.25) is 0 Å². The average Bonchev–Trinajstić information content (AvgIpc) is 2.15. The largest absolute Gasteiger partial charge is 0.508 e. The normalized spacial score (nSPS) is 13.6. The molecule has 0 fully saturated rings. The summed E-state index contributed by atoms with van der Waals surface area (Å²) in [7, 11) is 0. The van der Waals surface area contributed by atoms with E-state index in [1.54, 1.807) is 24.3 Å². The van der Waals surface area contributed by atoms with Crippen LogP contribution in [0, 0.1) is 5.41 Å². The Bertz CT molecular complexity index is 298. The van der Waals surface area contributed by atoms with Crippen molar-refractivity contribution in [2.75, 3.05) is 6.61 Å². The molecule has 0 spiro atoms. The van der Waals surface area contributed by atoms with Gasteiger partial charge in [0.05, 0.1) is 6.10 Å². The van der Waals surface area contributed by atoms with Gasteiger partial charge in [0.25, 0.3) is 0 Å². The van der Waals surface area contributed by atoms with Crippen LogP contribution in [0.15, 0.2) is 24.3 Å². The minimum absolute atomic E-state index is 0.184. The van der Waals surface area contributed by atoms with Crippen LogP contribution < -0.4 is 4.74 Å². The second-order valence-corrected chi connectivity index (χ2v) is 4.69. The van der Waals surface area contributed by atoms with E-state index in [1.165, 1.54) is 0 Å². The van der Waals surface area contributed by atoms with Gasteiger partial charge in [0, 0.05) is 0 Å². The van der Waals surface area contributed by atoms with Gasteiger partial charge in [0.1, 0.15) is 18.1 Å². The number of aromatic hydroxyl groups is 1. The lowest BCUT2D eigenvalue weighted by atomic mass is 9.90. The van der Waals surface area contributed by atoms with Crippen molar-refractivity contribution in [1.82, 2.24) is 0 Å². The highest BCUT2D eigenvalue weighted by molar-refractivity contribution is 5.30. The Balaban J connectivity index is 2.47. The summed E-state index contributed by atoms with van der Waals surface area (Å²) in [5.41, 5.74) is -0.184. The van der Waals surface area contributed by atoms with Crippen LogP contribution in [0.3, 0.4) is 0 Å². The van der Waals surface area contributed by atoms with Crippen molar-refractivity contribution in [1.29, 1.82) is 0 Å². The molecule has 0 aliphatic rings. The highest BCUT2D eigenvalue weighted by Crippen LogP contribution is 2.21. The van der Waals surface area contributed by atoms with Crippen LogP contribution in [-0.4, -0.2) is 22.9 Å². The number of ether oxygens (including phenoxy) is 1. The van der Waals surface area contributed by atoms with E-state index in [-0.39, 0.29) is 17.8 Å². The minimum Gasteiger partial charge on any atom is -0.508 e. The number of aliphatic hydroxyl groups is 1. The molecule has 2 N–H and O–H groups in total. The Morgan fingerprint density at radius 3 is 2.20 bits per heavy atom. The fourth-order valence-corrected chi connectivity index (χ4v) is 0.968. The van der Waals surface area contributed by atoms with Gasteiger partial charge >= 0.3 is 0 Å².